The van der Waals surface area contributed by atoms with Crippen LogP contribution in [0, 0.1) is 0 Å². The number of nitrogens with zero attached hydrogens (tertiary/aromatic N) is 3. The Morgan fingerprint density at radius 2 is 2.00 bits per heavy atom. The van der Waals surface area contributed by atoms with Gasteiger partial charge in [0.2, 0.25) is 0 Å². The number of nitrogens with one attached hydrogen (secondary N) is 1. The summed E-state index contributed by atoms with van der Waals surface area (Å²) in [6.07, 6.45) is 4.13. The van der Waals surface area contributed by atoms with E-state index in [4.69, 9.17) is 11.6 Å². The zero-order chi connectivity index (χ0) is 16.4. The van der Waals surface area contributed by atoms with Crippen LogP contribution in [0.4, 0.5) is 5.82 Å². The van der Waals surface area contributed by atoms with Crippen molar-refractivity contribution in [1.29, 1.82) is 0 Å². The molecule has 2 aromatic heterocycles. The number of hydrogen-bond acceptors (Lipinski definition) is 5. The van der Waals surface area contributed by atoms with E-state index in [9.17, 15) is 0 Å². The standard InChI is InChI=1S/C18H19ClN4S/c19-15-6-2-1-5-13(15)16(23-8-3-4-9-23)11-20-17-14-7-10-24-18(14)22-12-21-17/h1-2,5-7,10,12,16H,3-4,8-9,11H2,(H,20,21,22)/t16-/m0/s1. The lowest BCUT2D eigenvalue weighted by molar-refractivity contribution is 0.256. The third kappa shape index (κ3) is 3.11. The Bertz CT molecular complexity index is 829. The first-order valence-electron chi connectivity index (χ1n) is 8.23. The molecule has 24 heavy (non-hydrogen) atoms. The lowest BCUT2D eigenvalue weighted by atomic mass is 10.1. The number of thiophene rings is 1. The number of anilines is 1. The Hall–Kier alpha value is -1.69. The topological polar surface area (TPSA) is 41.1 Å². The molecular weight excluding hydrogens is 340 g/mol. The SMILES string of the molecule is Clc1ccccc1[C@H](CNc1ncnc2sccc12)N1CCCC1. The summed E-state index contributed by atoms with van der Waals surface area (Å²) in [4.78, 5) is 12.3. The summed E-state index contributed by atoms with van der Waals surface area (Å²) >= 11 is 8.12. The number of fused-ring (bicyclic) bond motifs is 1. The van der Waals surface area contributed by atoms with Crippen LogP contribution < -0.4 is 5.32 Å². The molecule has 1 fully saturated rings. The molecule has 0 aliphatic carbocycles. The van der Waals surface area contributed by atoms with Gasteiger partial charge in [-0.2, -0.15) is 0 Å². The summed E-state index contributed by atoms with van der Waals surface area (Å²) in [5, 5.41) is 7.50. The fourth-order valence-electron chi connectivity index (χ4n) is 3.36. The predicted octanol–water partition coefficient (Wildman–Crippen LogP) is 4.59. The monoisotopic (exact) mass is 358 g/mol. The average Bonchev–Trinajstić information content (AvgIpc) is 3.28. The molecule has 3 heterocycles. The molecule has 1 atom stereocenters. The molecule has 1 aliphatic heterocycles. The highest BCUT2D eigenvalue weighted by atomic mass is 35.5. The number of halogens is 1. The predicted molar refractivity (Wildman–Crippen MR) is 101 cm³/mol. The first kappa shape index (κ1) is 15.8. The fourth-order valence-corrected chi connectivity index (χ4v) is 4.35. The Labute approximate surface area is 150 Å². The number of likely N-dealkylation sites (tertiary alicyclic amines) is 1. The van der Waals surface area contributed by atoms with E-state index in [0.717, 1.165) is 40.7 Å². The molecule has 1 N–H and O–H groups in total. The summed E-state index contributed by atoms with van der Waals surface area (Å²) in [6.45, 7) is 3.02. The van der Waals surface area contributed by atoms with Crippen LogP contribution in [0.3, 0.4) is 0 Å². The van der Waals surface area contributed by atoms with Crippen LogP contribution in [-0.2, 0) is 0 Å². The largest absolute Gasteiger partial charge is 0.368 e. The minimum atomic E-state index is 0.254. The second-order valence-electron chi connectivity index (χ2n) is 6.02. The first-order chi connectivity index (χ1) is 11.8. The molecule has 0 radical (unpaired) electrons. The van der Waals surface area contributed by atoms with Crippen molar-refractivity contribution in [2.45, 2.75) is 18.9 Å². The molecule has 1 aliphatic rings. The van der Waals surface area contributed by atoms with E-state index < -0.39 is 0 Å². The number of rotatable bonds is 5. The second kappa shape index (κ2) is 7.05. The van der Waals surface area contributed by atoms with Gasteiger partial charge < -0.3 is 5.32 Å². The zero-order valence-electron chi connectivity index (χ0n) is 13.3. The lowest BCUT2D eigenvalue weighted by Gasteiger charge is -2.29. The first-order valence-corrected chi connectivity index (χ1v) is 9.49. The van der Waals surface area contributed by atoms with Crippen molar-refractivity contribution in [2.75, 3.05) is 25.0 Å². The van der Waals surface area contributed by atoms with Crippen LogP contribution in [0.2, 0.25) is 5.02 Å². The van der Waals surface area contributed by atoms with Gasteiger partial charge in [-0.3, -0.25) is 4.90 Å². The van der Waals surface area contributed by atoms with E-state index in [2.05, 4.69) is 43.8 Å². The number of benzene rings is 1. The number of hydrogen-bond donors (Lipinski definition) is 1. The zero-order valence-corrected chi connectivity index (χ0v) is 14.9. The highest BCUT2D eigenvalue weighted by Gasteiger charge is 2.25. The normalized spacial score (nSPS) is 16.5. The molecule has 124 valence electrons. The molecule has 4 nitrogen and oxygen atoms in total. The van der Waals surface area contributed by atoms with E-state index in [1.54, 1.807) is 17.7 Å². The minimum Gasteiger partial charge on any atom is -0.368 e. The summed E-state index contributed by atoms with van der Waals surface area (Å²) in [7, 11) is 0. The number of aromatic nitrogens is 2. The van der Waals surface area contributed by atoms with E-state index in [0.29, 0.717) is 0 Å². The second-order valence-corrected chi connectivity index (χ2v) is 7.32. The lowest BCUT2D eigenvalue weighted by Crippen LogP contribution is -2.31. The molecule has 6 heteroatoms. The van der Waals surface area contributed by atoms with Gasteiger partial charge in [0.1, 0.15) is 17.0 Å². The van der Waals surface area contributed by atoms with Gasteiger partial charge in [-0.05, 0) is 49.0 Å². The molecule has 3 aromatic rings. The van der Waals surface area contributed by atoms with Crippen LogP contribution in [0.5, 0.6) is 0 Å². The molecule has 0 unspecified atom stereocenters. The van der Waals surface area contributed by atoms with E-state index in [1.165, 1.54) is 18.4 Å². The van der Waals surface area contributed by atoms with Crippen LogP contribution in [0.15, 0.2) is 42.0 Å². The average molecular weight is 359 g/mol. The Morgan fingerprint density at radius 1 is 1.17 bits per heavy atom. The molecule has 0 bridgehead atoms. The van der Waals surface area contributed by atoms with Crippen molar-refractivity contribution >= 4 is 39.0 Å². The van der Waals surface area contributed by atoms with Gasteiger partial charge in [0.15, 0.2) is 0 Å². The highest BCUT2D eigenvalue weighted by molar-refractivity contribution is 7.16. The molecule has 1 aromatic carbocycles. The van der Waals surface area contributed by atoms with Crippen molar-refractivity contribution in [2.24, 2.45) is 0 Å². The summed E-state index contributed by atoms with van der Waals surface area (Å²) in [5.41, 5.74) is 1.18. The molecule has 0 saturated carbocycles. The van der Waals surface area contributed by atoms with Crippen LogP contribution >= 0.6 is 22.9 Å². The van der Waals surface area contributed by atoms with Gasteiger partial charge >= 0.3 is 0 Å². The van der Waals surface area contributed by atoms with Gasteiger partial charge in [-0.15, -0.1) is 11.3 Å². The molecule has 4 rings (SSSR count). The highest BCUT2D eigenvalue weighted by Crippen LogP contribution is 2.31. The summed E-state index contributed by atoms with van der Waals surface area (Å²) in [5.74, 6) is 0.900. The molecule has 1 saturated heterocycles. The van der Waals surface area contributed by atoms with E-state index in [-0.39, 0.29) is 6.04 Å². The van der Waals surface area contributed by atoms with Crippen molar-refractivity contribution in [3.8, 4) is 0 Å². The van der Waals surface area contributed by atoms with Crippen molar-refractivity contribution in [1.82, 2.24) is 14.9 Å². The summed E-state index contributed by atoms with van der Waals surface area (Å²) in [6, 6.07) is 10.5. The van der Waals surface area contributed by atoms with Gasteiger partial charge in [0.05, 0.1) is 11.4 Å². The van der Waals surface area contributed by atoms with E-state index in [1.807, 2.05) is 12.1 Å². The smallest absolute Gasteiger partial charge is 0.138 e. The quantitative estimate of drug-likeness (QED) is 0.724. The van der Waals surface area contributed by atoms with Gasteiger partial charge in [0.25, 0.3) is 0 Å². The third-order valence-corrected chi connectivity index (χ3v) is 5.74. The Morgan fingerprint density at radius 3 is 2.83 bits per heavy atom. The van der Waals surface area contributed by atoms with Crippen molar-refractivity contribution in [3.63, 3.8) is 0 Å². The minimum absolute atomic E-state index is 0.254. The Balaban J connectivity index is 1.60. The van der Waals surface area contributed by atoms with E-state index >= 15 is 0 Å². The van der Waals surface area contributed by atoms with Crippen molar-refractivity contribution in [3.05, 3.63) is 52.6 Å². The molecule has 0 spiro atoms. The Kier molecular flexibility index (Phi) is 4.65. The van der Waals surface area contributed by atoms with Gasteiger partial charge in [0, 0.05) is 11.6 Å². The van der Waals surface area contributed by atoms with Gasteiger partial charge in [-0.25, -0.2) is 9.97 Å². The third-order valence-electron chi connectivity index (χ3n) is 4.57. The maximum Gasteiger partial charge on any atom is 0.138 e. The van der Waals surface area contributed by atoms with Crippen LogP contribution in [0.1, 0.15) is 24.4 Å². The van der Waals surface area contributed by atoms with Crippen molar-refractivity contribution < 1.29 is 0 Å². The molecule has 0 amide bonds. The maximum atomic E-state index is 6.48. The van der Waals surface area contributed by atoms with Crippen LogP contribution in [0.25, 0.3) is 10.2 Å². The molecular formula is C18H19ClN4S. The summed E-state index contributed by atoms with van der Waals surface area (Å²) < 4.78 is 0. The van der Waals surface area contributed by atoms with Gasteiger partial charge in [-0.1, -0.05) is 29.8 Å². The van der Waals surface area contributed by atoms with Crippen LogP contribution in [-0.4, -0.2) is 34.5 Å². The fraction of sp³-hybridized carbons (Fsp3) is 0.333. The maximum absolute atomic E-state index is 6.48.